The van der Waals surface area contributed by atoms with Gasteiger partial charge in [-0.15, -0.1) is 0 Å². The zero-order valence-corrected chi connectivity index (χ0v) is 9.47. The number of benzene rings is 1. The van der Waals surface area contributed by atoms with Crippen LogP contribution in [-0.2, 0) is 0 Å². The Morgan fingerprint density at radius 2 is 2.07 bits per heavy atom. The molecule has 0 unspecified atom stereocenters. The molecule has 3 nitrogen and oxygen atoms in total. The first-order chi connectivity index (χ1) is 6.61. The molecule has 72 valence electrons. The van der Waals surface area contributed by atoms with Crippen LogP contribution in [0.3, 0.4) is 0 Å². The molecule has 0 amide bonds. The highest BCUT2D eigenvalue weighted by Gasteiger charge is 2.07. The second-order valence-electron chi connectivity index (χ2n) is 3.24. The Balaban J connectivity index is 3.06. The van der Waals surface area contributed by atoms with Crippen LogP contribution < -0.4 is 5.56 Å². The van der Waals surface area contributed by atoms with Gasteiger partial charge in [-0.25, -0.2) is 4.98 Å². The van der Waals surface area contributed by atoms with Crippen LogP contribution in [0.5, 0.6) is 0 Å². The normalized spacial score (nSPS) is 10.8. The zero-order valence-electron chi connectivity index (χ0n) is 7.89. The molecule has 0 aliphatic rings. The quantitative estimate of drug-likeness (QED) is 0.782. The van der Waals surface area contributed by atoms with E-state index in [0.717, 1.165) is 21.1 Å². The molecule has 0 aliphatic carbocycles. The van der Waals surface area contributed by atoms with Crippen molar-refractivity contribution in [3.05, 3.63) is 38.3 Å². The van der Waals surface area contributed by atoms with Gasteiger partial charge in [-0.3, -0.25) is 4.79 Å². The highest BCUT2D eigenvalue weighted by atomic mass is 79.9. The largest absolute Gasteiger partial charge is 0.313 e. The summed E-state index contributed by atoms with van der Waals surface area (Å²) in [7, 11) is 0. The average molecular weight is 253 g/mol. The Morgan fingerprint density at radius 3 is 2.79 bits per heavy atom. The molecule has 0 spiro atoms. The number of halogens is 1. The molecule has 0 saturated heterocycles. The number of nitrogens with zero attached hydrogens (tertiary/aromatic N) is 1. The Morgan fingerprint density at radius 1 is 1.36 bits per heavy atom. The van der Waals surface area contributed by atoms with Gasteiger partial charge in [0.1, 0.15) is 0 Å². The SMILES string of the molecule is Cc1c(Br)cc2c(=O)[nH]cnc2c1C. The molecular formula is C10H9BrN2O. The molecule has 1 N–H and O–H groups in total. The van der Waals surface area contributed by atoms with Crippen LogP contribution >= 0.6 is 15.9 Å². The van der Waals surface area contributed by atoms with E-state index in [1.807, 2.05) is 19.9 Å². The van der Waals surface area contributed by atoms with E-state index in [-0.39, 0.29) is 5.56 Å². The van der Waals surface area contributed by atoms with Crippen molar-refractivity contribution in [3.8, 4) is 0 Å². The summed E-state index contributed by atoms with van der Waals surface area (Å²) in [5, 5.41) is 0.627. The molecule has 1 aromatic heterocycles. The smallest absolute Gasteiger partial charge is 0.258 e. The summed E-state index contributed by atoms with van der Waals surface area (Å²) in [6.07, 6.45) is 1.44. The predicted octanol–water partition coefficient (Wildman–Crippen LogP) is 2.30. The fourth-order valence-corrected chi connectivity index (χ4v) is 1.96. The van der Waals surface area contributed by atoms with Crippen LogP contribution in [0.4, 0.5) is 0 Å². The van der Waals surface area contributed by atoms with Crippen LogP contribution in [0, 0.1) is 13.8 Å². The van der Waals surface area contributed by atoms with Crippen molar-refractivity contribution in [1.82, 2.24) is 9.97 Å². The van der Waals surface area contributed by atoms with Gasteiger partial charge >= 0.3 is 0 Å². The molecular weight excluding hydrogens is 244 g/mol. The van der Waals surface area contributed by atoms with Crippen molar-refractivity contribution in [1.29, 1.82) is 0 Å². The number of aryl methyl sites for hydroxylation is 1. The van der Waals surface area contributed by atoms with Gasteiger partial charge in [0.05, 0.1) is 17.2 Å². The van der Waals surface area contributed by atoms with Crippen LogP contribution in [0.2, 0.25) is 0 Å². The Labute approximate surface area is 89.3 Å². The molecule has 0 bridgehead atoms. The molecule has 4 heteroatoms. The second kappa shape index (κ2) is 3.20. The van der Waals surface area contributed by atoms with Crippen LogP contribution in [-0.4, -0.2) is 9.97 Å². The minimum atomic E-state index is -0.0983. The van der Waals surface area contributed by atoms with Gasteiger partial charge in [-0.05, 0) is 31.0 Å². The molecule has 1 heterocycles. The standard InChI is InChI=1S/C10H9BrN2O/c1-5-6(2)9-7(3-8(5)11)10(14)13-4-12-9/h3-4H,1-2H3,(H,12,13,14). The lowest BCUT2D eigenvalue weighted by Crippen LogP contribution is -2.07. The minimum Gasteiger partial charge on any atom is -0.313 e. The van der Waals surface area contributed by atoms with Crippen LogP contribution in [0.15, 0.2) is 21.7 Å². The molecule has 0 aliphatic heterocycles. The van der Waals surface area contributed by atoms with Gasteiger partial charge in [-0.1, -0.05) is 15.9 Å². The topological polar surface area (TPSA) is 45.8 Å². The minimum absolute atomic E-state index is 0.0983. The third-order valence-corrected chi connectivity index (χ3v) is 3.26. The van der Waals surface area contributed by atoms with E-state index >= 15 is 0 Å². The predicted molar refractivity (Wildman–Crippen MR) is 59.5 cm³/mol. The van der Waals surface area contributed by atoms with E-state index in [0.29, 0.717) is 5.39 Å². The van der Waals surface area contributed by atoms with Crippen LogP contribution in [0.25, 0.3) is 10.9 Å². The van der Waals surface area contributed by atoms with Gasteiger partial charge in [0.25, 0.3) is 5.56 Å². The highest BCUT2D eigenvalue weighted by Crippen LogP contribution is 2.24. The number of fused-ring (bicyclic) bond motifs is 1. The van der Waals surface area contributed by atoms with Gasteiger partial charge in [-0.2, -0.15) is 0 Å². The van der Waals surface area contributed by atoms with Gasteiger partial charge < -0.3 is 4.98 Å². The fourth-order valence-electron chi connectivity index (χ4n) is 1.43. The molecule has 2 aromatic rings. The van der Waals surface area contributed by atoms with Crippen molar-refractivity contribution >= 4 is 26.8 Å². The average Bonchev–Trinajstić information content (AvgIpc) is 2.17. The van der Waals surface area contributed by atoms with Gasteiger partial charge in [0, 0.05) is 4.47 Å². The Kier molecular flexibility index (Phi) is 2.15. The summed E-state index contributed by atoms with van der Waals surface area (Å²) < 4.78 is 0.945. The van der Waals surface area contributed by atoms with E-state index in [4.69, 9.17) is 0 Å². The molecule has 0 saturated carbocycles. The number of nitrogens with one attached hydrogen (secondary N) is 1. The highest BCUT2D eigenvalue weighted by molar-refractivity contribution is 9.10. The monoisotopic (exact) mass is 252 g/mol. The van der Waals surface area contributed by atoms with E-state index < -0.39 is 0 Å². The maximum Gasteiger partial charge on any atom is 0.258 e. The number of H-pyrrole nitrogens is 1. The second-order valence-corrected chi connectivity index (χ2v) is 4.09. The summed E-state index contributed by atoms with van der Waals surface area (Å²) >= 11 is 3.42. The Hall–Kier alpha value is -1.16. The lowest BCUT2D eigenvalue weighted by atomic mass is 10.1. The molecule has 14 heavy (non-hydrogen) atoms. The number of hydrogen-bond donors (Lipinski definition) is 1. The number of aromatic nitrogens is 2. The van der Waals surface area contributed by atoms with Gasteiger partial charge in [0.2, 0.25) is 0 Å². The molecule has 0 atom stereocenters. The maximum atomic E-state index is 11.5. The summed E-state index contributed by atoms with van der Waals surface area (Å²) in [6, 6.07) is 1.81. The first-order valence-electron chi connectivity index (χ1n) is 4.24. The molecule has 0 fully saturated rings. The number of hydrogen-bond acceptors (Lipinski definition) is 2. The fraction of sp³-hybridized carbons (Fsp3) is 0.200. The van der Waals surface area contributed by atoms with Crippen molar-refractivity contribution < 1.29 is 0 Å². The maximum absolute atomic E-state index is 11.5. The van der Waals surface area contributed by atoms with Crippen molar-refractivity contribution in [2.24, 2.45) is 0 Å². The van der Waals surface area contributed by atoms with Crippen molar-refractivity contribution in [2.45, 2.75) is 13.8 Å². The molecule has 1 aromatic carbocycles. The zero-order chi connectivity index (χ0) is 10.3. The first-order valence-corrected chi connectivity index (χ1v) is 5.03. The molecule has 2 rings (SSSR count). The van der Waals surface area contributed by atoms with E-state index in [2.05, 4.69) is 25.9 Å². The molecule has 0 radical (unpaired) electrons. The van der Waals surface area contributed by atoms with E-state index in [9.17, 15) is 4.79 Å². The third kappa shape index (κ3) is 1.26. The van der Waals surface area contributed by atoms with Crippen molar-refractivity contribution in [3.63, 3.8) is 0 Å². The number of rotatable bonds is 0. The third-order valence-electron chi connectivity index (χ3n) is 2.44. The van der Waals surface area contributed by atoms with E-state index in [1.54, 1.807) is 0 Å². The summed E-state index contributed by atoms with van der Waals surface area (Å²) in [4.78, 5) is 18.2. The number of aromatic amines is 1. The lowest BCUT2D eigenvalue weighted by molar-refractivity contribution is 1.15. The summed E-state index contributed by atoms with van der Waals surface area (Å²) in [5.74, 6) is 0. The first kappa shape index (κ1) is 9.40. The van der Waals surface area contributed by atoms with Gasteiger partial charge in [0.15, 0.2) is 0 Å². The van der Waals surface area contributed by atoms with E-state index in [1.165, 1.54) is 6.33 Å². The van der Waals surface area contributed by atoms with Crippen LogP contribution in [0.1, 0.15) is 11.1 Å². The summed E-state index contributed by atoms with van der Waals surface area (Å²) in [6.45, 7) is 3.97. The lowest BCUT2D eigenvalue weighted by Gasteiger charge is -2.05. The summed E-state index contributed by atoms with van der Waals surface area (Å²) in [5.41, 5.74) is 2.84. The Bertz CT molecular complexity index is 560. The van der Waals surface area contributed by atoms with Crippen molar-refractivity contribution in [2.75, 3.05) is 0 Å².